The van der Waals surface area contributed by atoms with Crippen LogP contribution in [0, 0.1) is 11.5 Å². The zero-order valence-electron chi connectivity index (χ0n) is 15.4. The van der Waals surface area contributed by atoms with Crippen molar-refractivity contribution in [1.29, 1.82) is 0 Å². The van der Waals surface area contributed by atoms with Crippen LogP contribution in [0.25, 0.3) is 0 Å². The summed E-state index contributed by atoms with van der Waals surface area (Å²) in [5, 5.41) is 0.577. The van der Waals surface area contributed by atoms with Gasteiger partial charge in [-0.2, -0.15) is 0 Å². The minimum Gasteiger partial charge on any atom is -0.466 e. The van der Waals surface area contributed by atoms with Crippen molar-refractivity contribution < 1.29 is 9.47 Å². The quantitative estimate of drug-likeness (QED) is 0.361. The van der Waals surface area contributed by atoms with Gasteiger partial charge < -0.3 is 9.47 Å². The molecule has 0 aromatic heterocycles. The fourth-order valence-corrected chi connectivity index (χ4v) is 8.83. The SMILES string of the molecule is COCOc1cc(C#C[Si](C(C)C)(C(C)C)C(C)C)ccc1Cl. The lowest BCUT2D eigenvalue weighted by Gasteiger charge is -2.38. The monoisotopic (exact) mass is 352 g/mol. The Labute approximate surface area is 147 Å². The van der Waals surface area contributed by atoms with Crippen molar-refractivity contribution >= 4 is 19.7 Å². The predicted octanol–water partition coefficient (Wildman–Crippen LogP) is 5.89. The highest BCUT2D eigenvalue weighted by atomic mass is 35.5. The van der Waals surface area contributed by atoms with Gasteiger partial charge in [0, 0.05) is 12.7 Å². The van der Waals surface area contributed by atoms with Gasteiger partial charge in [0.25, 0.3) is 0 Å². The second-order valence-electron chi connectivity index (χ2n) is 6.84. The van der Waals surface area contributed by atoms with Crippen molar-refractivity contribution in [3.63, 3.8) is 0 Å². The average Bonchev–Trinajstić information content (AvgIpc) is 2.46. The number of benzene rings is 1. The Morgan fingerprint density at radius 3 is 2.09 bits per heavy atom. The lowest BCUT2D eigenvalue weighted by atomic mass is 10.2. The van der Waals surface area contributed by atoms with Crippen LogP contribution in [0.1, 0.15) is 47.1 Å². The third-order valence-corrected chi connectivity index (χ3v) is 11.2. The van der Waals surface area contributed by atoms with E-state index < -0.39 is 8.07 Å². The Morgan fingerprint density at radius 1 is 1.04 bits per heavy atom. The topological polar surface area (TPSA) is 18.5 Å². The van der Waals surface area contributed by atoms with Crippen molar-refractivity contribution in [2.75, 3.05) is 13.9 Å². The van der Waals surface area contributed by atoms with E-state index in [-0.39, 0.29) is 6.79 Å². The predicted molar refractivity (Wildman–Crippen MR) is 102 cm³/mol. The molecule has 0 radical (unpaired) electrons. The molecule has 0 aliphatic heterocycles. The molecule has 0 saturated heterocycles. The summed E-state index contributed by atoms with van der Waals surface area (Å²) in [5.74, 6) is 4.02. The molecule has 0 unspecified atom stereocenters. The van der Waals surface area contributed by atoms with Crippen LogP contribution in [-0.4, -0.2) is 22.0 Å². The summed E-state index contributed by atoms with van der Waals surface area (Å²) in [6.45, 7) is 14.1. The van der Waals surface area contributed by atoms with Crippen molar-refractivity contribution in [2.24, 2.45) is 0 Å². The van der Waals surface area contributed by atoms with Crippen LogP contribution < -0.4 is 4.74 Å². The molecular formula is C19H29ClO2Si. The fraction of sp³-hybridized carbons (Fsp3) is 0.579. The molecule has 23 heavy (non-hydrogen) atoms. The van der Waals surface area contributed by atoms with Crippen LogP contribution in [0.2, 0.25) is 21.6 Å². The second kappa shape index (κ2) is 8.77. The van der Waals surface area contributed by atoms with E-state index >= 15 is 0 Å². The minimum absolute atomic E-state index is 0.180. The smallest absolute Gasteiger partial charge is 0.188 e. The van der Waals surface area contributed by atoms with Crippen LogP contribution in [0.5, 0.6) is 5.75 Å². The van der Waals surface area contributed by atoms with Gasteiger partial charge in [-0.15, -0.1) is 5.54 Å². The standard InChI is InChI=1S/C19H29ClO2Si/c1-14(2)23(15(3)4,16(5)6)11-10-17-8-9-18(20)19(12-17)22-13-21-7/h8-9,12,14-16H,13H2,1-7H3. The second-order valence-corrected chi connectivity index (χ2v) is 12.8. The highest BCUT2D eigenvalue weighted by Gasteiger charge is 2.41. The number of halogens is 1. The summed E-state index contributed by atoms with van der Waals surface area (Å²) in [6.07, 6.45) is 0. The summed E-state index contributed by atoms with van der Waals surface area (Å²) < 4.78 is 10.4. The Hall–Kier alpha value is -0.953. The summed E-state index contributed by atoms with van der Waals surface area (Å²) >= 11 is 6.15. The molecule has 0 bridgehead atoms. The molecule has 0 saturated carbocycles. The first-order valence-corrected chi connectivity index (χ1v) is 10.8. The Balaban J connectivity index is 3.22. The van der Waals surface area contributed by atoms with E-state index in [2.05, 4.69) is 53.0 Å². The number of ether oxygens (including phenoxy) is 2. The molecule has 1 aromatic rings. The molecule has 0 atom stereocenters. The van der Waals surface area contributed by atoms with E-state index in [1.165, 1.54) is 0 Å². The van der Waals surface area contributed by atoms with E-state index in [0.29, 0.717) is 27.4 Å². The van der Waals surface area contributed by atoms with Gasteiger partial charge in [-0.25, -0.2) is 0 Å². The molecular weight excluding hydrogens is 324 g/mol. The molecule has 128 valence electrons. The lowest BCUT2D eigenvalue weighted by molar-refractivity contribution is 0.0512. The first kappa shape index (κ1) is 20.1. The number of hydrogen-bond acceptors (Lipinski definition) is 2. The highest BCUT2D eigenvalue weighted by molar-refractivity contribution is 6.90. The van der Waals surface area contributed by atoms with E-state index in [9.17, 15) is 0 Å². The van der Waals surface area contributed by atoms with E-state index in [1.807, 2.05) is 18.2 Å². The van der Waals surface area contributed by atoms with Crippen LogP contribution in [0.4, 0.5) is 0 Å². The lowest BCUT2D eigenvalue weighted by Crippen LogP contribution is -2.43. The normalized spacial score (nSPS) is 11.8. The van der Waals surface area contributed by atoms with Crippen molar-refractivity contribution in [3.05, 3.63) is 28.8 Å². The largest absolute Gasteiger partial charge is 0.466 e. The minimum atomic E-state index is -1.73. The van der Waals surface area contributed by atoms with E-state index in [4.69, 9.17) is 21.1 Å². The maximum atomic E-state index is 6.15. The van der Waals surface area contributed by atoms with Crippen molar-refractivity contribution in [1.82, 2.24) is 0 Å². The summed E-state index contributed by atoms with van der Waals surface area (Å²) in [5.41, 5.74) is 6.50. The third-order valence-electron chi connectivity index (χ3n) is 4.55. The Kier molecular flexibility index (Phi) is 7.67. The number of rotatable bonds is 6. The van der Waals surface area contributed by atoms with Gasteiger partial charge in [0.15, 0.2) is 6.79 Å². The van der Waals surface area contributed by atoms with E-state index in [0.717, 1.165) is 5.56 Å². The maximum absolute atomic E-state index is 6.15. The molecule has 0 aliphatic rings. The zero-order chi connectivity index (χ0) is 17.6. The highest BCUT2D eigenvalue weighted by Crippen LogP contribution is 2.40. The molecule has 0 spiro atoms. The number of hydrogen-bond donors (Lipinski definition) is 0. The van der Waals surface area contributed by atoms with Gasteiger partial charge >= 0.3 is 0 Å². The molecule has 4 heteroatoms. The summed E-state index contributed by atoms with van der Waals surface area (Å²) in [4.78, 5) is 0. The first-order valence-electron chi connectivity index (χ1n) is 8.20. The van der Waals surface area contributed by atoms with Gasteiger partial charge in [-0.05, 0) is 34.8 Å². The Morgan fingerprint density at radius 2 is 1.61 bits per heavy atom. The van der Waals surface area contributed by atoms with Crippen LogP contribution in [0.15, 0.2) is 18.2 Å². The van der Waals surface area contributed by atoms with Gasteiger partial charge in [-0.3, -0.25) is 0 Å². The molecule has 0 amide bonds. The van der Waals surface area contributed by atoms with Crippen molar-refractivity contribution in [3.8, 4) is 17.2 Å². The zero-order valence-corrected chi connectivity index (χ0v) is 17.1. The molecule has 0 heterocycles. The summed E-state index contributed by atoms with van der Waals surface area (Å²) in [6, 6.07) is 5.68. The van der Waals surface area contributed by atoms with Crippen LogP contribution in [-0.2, 0) is 4.74 Å². The van der Waals surface area contributed by atoms with Crippen LogP contribution in [0.3, 0.4) is 0 Å². The molecule has 0 fully saturated rings. The van der Waals surface area contributed by atoms with Gasteiger partial charge in [0.05, 0.1) is 5.02 Å². The van der Waals surface area contributed by atoms with Gasteiger partial charge in [0.2, 0.25) is 0 Å². The average molecular weight is 353 g/mol. The maximum Gasteiger partial charge on any atom is 0.188 e. The van der Waals surface area contributed by atoms with E-state index in [1.54, 1.807) is 7.11 Å². The Bertz CT molecular complexity index is 549. The molecule has 0 aliphatic carbocycles. The molecule has 2 nitrogen and oxygen atoms in total. The third kappa shape index (κ3) is 4.76. The van der Waals surface area contributed by atoms with Gasteiger partial charge in [0.1, 0.15) is 13.8 Å². The molecule has 1 rings (SSSR count). The van der Waals surface area contributed by atoms with Crippen LogP contribution >= 0.6 is 11.6 Å². The first-order chi connectivity index (χ1) is 10.8. The molecule has 0 N–H and O–H groups in total. The van der Waals surface area contributed by atoms with Crippen molar-refractivity contribution in [2.45, 2.75) is 58.2 Å². The van der Waals surface area contributed by atoms with Gasteiger partial charge in [-0.1, -0.05) is 59.1 Å². The molecule has 1 aromatic carbocycles. The fourth-order valence-electron chi connectivity index (χ4n) is 3.43. The summed E-state index contributed by atoms with van der Waals surface area (Å²) in [7, 11) is -0.138. The number of methoxy groups -OCH3 is 1.